The molecule has 0 atom stereocenters. The average molecular weight is 287 g/mol. The summed E-state index contributed by atoms with van der Waals surface area (Å²) in [5.41, 5.74) is 2.01. The lowest BCUT2D eigenvalue weighted by molar-refractivity contribution is 0.212. The van der Waals surface area contributed by atoms with Crippen LogP contribution < -0.4 is 5.32 Å². The highest BCUT2D eigenvalue weighted by atomic mass is 19.1. The van der Waals surface area contributed by atoms with Gasteiger partial charge in [0.1, 0.15) is 5.82 Å². The van der Waals surface area contributed by atoms with E-state index in [2.05, 4.69) is 10.3 Å². The molecule has 1 heterocycles. The van der Waals surface area contributed by atoms with Crippen molar-refractivity contribution in [3.05, 3.63) is 59.7 Å². The zero-order chi connectivity index (χ0) is 15.2. The summed E-state index contributed by atoms with van der Waals surface area (Å²) >= 11 is 0. The Morgan fingerprint density at radius 3 is 2.62 bits per heavy atom. The minimum atomic E-state index is -0.329. The Bertz CT molecular complexity index is 616. The van der Waals surface area contributed by atoms with Gasteiger partial charge in [-0.05, 0) is 49.2 Å². The van der Waals surface area contributed by atoms with Gasteiger partial charge in [0.2, 0.25) is 0 Å². The van der Waals surface area contributed by atoms with Gasteiger partial charge in [-0.2, -0.15) is 0 Å². The Morgan fingerprint density at radius 2 is 2.00 bits per heavy atom. The van der Waals surface area contributed by atoms with Crippen molar-refractivity contribution in [2.45, 2.75) is 20.4 Å². The van der Waals surface area contributed by atoms with Gasteiger partial charge in [-0.1, -0.05) is 6.07 Å². The van der Waals surface area contributed by atoms with E-state index in [4.69, 9.17) is 0 Å². The van der Waals surface area contributed by atoms with E-state index in [9.17, 15) is 9.18 Å². The summed E-state index contributed by atoms with van der Waals surface area (Å²) in [6.07, 6.45) is 3.38. The average Bonchev–Trinajstić information content (AvgIpc) is 2.49. The van der Waals surface area contributed by atoms with Crippen molar-refractivity contribution in [3.8, 4) is 0 Å². The van der Waals surface area contributed by atoms with Crippen LogP contribution in [0.2, 0.25) is 0 Å². The molecule has 4 nitrogen and oxygen atoms in total. The van der Waals surface area contributed by atoms with Crippen molar-refractivity contribution in [3.63, 3.8) is 0 Å². The summed E-state index contributed by atoms with van der Waals surface area (Å²) < 4.78 is 13.5. The number of nitrogens with one attached hydrogen (secondary N) is 1. The molecule has 2 amide bonds. The molecule has 1 N–H and O–H groups in total. The van der Waals surface area contributed by atoms with Gasteiger partial charge in [0, 0.05) is 31.2 Å². The predicted molar refractivity (Wildman–Crippen MR) is 80.5 cm³/mol. The lowest BCUT2D eigenvalue weighted by atomic mass is 10.2. The fourth-order valence-corrected chi connectivity index (χ4v) is 1.91. The van der Waals surface area contributed by atoms with Crippen molar-refractivity contribution in [1.82, 2.24) is 9.88 Å². The molecule has 0 fully saturated rings. The molecule has 5 heteroatoms. The molecule has 0 aliphatic heterocycles. The quantitative estimate of drug-likeness (QED) is 0.934. The molecule has 0 bridgehead atoms. The van der Waals surface area contributed by atoms with Crippen LogP contribution >= 0.6 is 0 Å². The minimum Gasteiger partial charge on any atom is -0.320 e. The van der Waals surface area contributed by atoms with E-state index in [-0.39, 0.29) is 11.8 Å². The van der Waals surface area contributed by atoms with Crippen LogP contribution in [0.25, 0.3) is 0 Å². The first-order chi connectivity index (χ1) is 10.1. The van der Waals surface area contributed by atoms with Crippen molar-refractivity contribution in [2.24, 2.45) is 0 Å². The normalized spacial score (nSPS) is 10.2. The number of pyridine rings is 1. The van der Waals surface area contributed by atoms with Crippen LogP contribution in [-0.2, 0) is 6.54 Å². The topological polar surface area (TPSA) is 45.2 Å². The van der Waals surface area contributed by atoms with Crippen LogP contribution in [0.3, 0.4) is 0 Å². The van der Waals surface area contributed by atoms with Crippen molar-refractivity contribution in [2.75, 3.05) is 11.9 Å². The van der Waals surface area contributed by atoms with Gasteiger partial charge in [0.15, 0.2) is 0 Å². The second-order valence-electron chi connectivity index (χ2n) is 4.76. The van der Waals surface area contributed by atoms with Gasteiger partial charge in [-0.25, -0.2) is 9.18 Å². The molecule has 21 heavy (non-hydrogen) atoms. The van der Waals surface area contributed by atoms with Gasteiger partial charge in [0.05, 0.1) is 0 Å². The van der Waals surface area contributed by atoms with Crippen LogP contribution in [-0.4, -0.2) is 22.5 Å². The van der Waals surface area contributed by atoms with Crippen LogP contribution in [0.15, 0.2) is 42.7 Å². The van der Waals surface area contributed by atoms with E-state index in [0.717, 1.165) is 5.56 Å². The molecule has 0 aliphatic rings. The number of benzene rings is 1. The Balaban J connectivity index is 2.04. The Hall–Kier alpha value is -2.43. The molecule has 0 spiro atoms. The Morgan fingerprint density at radius 1 is 1.29 bits per heavy atom. The Labute approximate surface area is 123 Å². The van der Waals surface area contributed by atoms with Crippen LogP contribution in [0.4, 0.5) is 14.9 Å². The summed E-state index contributed by atoms with van der Waals surface area (Å²) in [5.74, 6) is -0.329. The first-order valence-electron chi connectivity index (χ1n) is 6.81. The summed E-state index contributed by atoms with van der Waals surface area (Å²) in [7, 11) is 0. The van der Waals surface area contributed by atoms with E-state index in [1.54, 1.807) is 36.4 Å². The zero-order valence-electron chi connectivity index (χ0n) is 12.1. The number of amides is 2. The van der Waals surface area contributed by atoms with E-state index in [1.807, 2.05) is 19.1 Å². The number of aromatic nitrogens is 1. The smallest absolute Gasteiger partial charge is 0.320 e. The molecule has 110 valence electrons. The first-order valence-corrected chi connectivity index (χ1v) is 6.81. The predicted octanol–water partition coefficient (Wildman–Crippen LogP) is 3.58. The van der Waals surface area contributed by atoms with Gasteiger partial charge < -0.3 is 10.2 Å². The molecule has 2 aromatic rings. The largest absolute Gasteiger partial charge is 0.322 e. The number of halogens is 1. The Kier molecular flexibility index (Phi) is 4.87. The molecule has 0 aliphatic carbocycles. The number of hydrogen-bond acceptors (Lipinski definition) is 2. The number of rotatable bonds is 4. The molecule has 0 saturated heterocycles. The number of nitrogens with zero attached hydrogens (tertiary/aromatic N) is 2. The molecular weight excluding hydrogens is 269 g/mol. The summed E-state index contributed by atoms with van der Waals surface area (Å²) in [4.78, 5) is 17.8. The van der Waals surface area contributed by atoms with E-state index < -0.39 is 0 Å². The minimum absolute atomic E-state index is 0.252. The highest BCUT2D eigenvalue weighted by Crippen LogP contribution is 2.14. The molecule has 0 saturated carbocycles. The summed E-state index contributed by atoms with van der Waals surface area (Å²) in [6.45, 7) is 4.63. The fourth-order valence-electron chi connectivity index (χ4n) is 1.91. The first kappa shape index (κ1) is 15.0. The molecule has 0 unspecified atom stereocenters. The summed E-state index contributed by atoms with van der Waals surface area (Å²) in [6, 6.07) is 8.13. The number of urea groups is 1. The third-order valence-corrected chi connectivity index (χ3v) is 3.21. The third-order valence-electron chi connectivity index (χ3n) is 3.21. The maximum atomic E-state index is 13.5. The van der Waals surface area contributed by atoms with E-state index in [1.165, 1.54) is 6.07 Å². The maximum absolute atomic E-state index is 13.5. The number of hydrogen-bond donors (Lipinski definition) is 1. The molecule has 1 aromatic carbocycles. The SMILES string of the molecule is CCN(Cc1ccncc1)C(=O)Nc1ccc(C)c(F)c1. The molecule has 2 rings (SSSR count). The number of carbonyl (C=O) groups is 1. The summed E-state index contributed by atoms with van der Waals surface area (Å²) in [5, 5.41) is 2.71. The van der Waals surface area contributed by atoms with E-state index in [0.29, 0.717) is 24.3 Å². The van der Waals surface area contributed by atoms with Crippen LogP contribution in [0, 0.1) is 12.7 Å². The lowest BCUT2D eigenvalue weighted by Gasteiger charge is -2.21. The second kappa shape index (κ2) is 6.83. The molecular formula is C16H18FN3O. The second-order valence-corrected chi connectivity index (χ2v) is 4.76. The highest BCUT2D eigenvalue weighted by molar-refractivity contribution is 5.89. The van der Waals surface area contributed by atoms with Gasteiger partial charge in [0.25, 0.3) is 0 Å². The number of anilines is 1. The van der Waals surface area contributed by atoms with Gasteiger partial charge in [-0.3, -0.25) is 4.98 Å². The third kappa shape index (κ3) is 4.02. The monoisotopic (exact) mass is 287 g/mol. The van der Waals surface area contributed by atoms with E-state index >= 15 is 0 Å². The standard InChI is InChI=1S/C16H18FN3O/c1-3-20(11-13-6-8-18-9-7-13)16(21)19-14-5-4-12(2)15(17)10-14/h4-10H,3,11H2,1-2H3,(H,19,21). The van der Waals surface area contributed by atoms with Crippen molar-refractivity contribution >= 4 is 11.7 Å². The number of aryl methyl sites for hydroxylation is 1. The van der Waals surface area contributed by atoms with Crippen molar-refractivity contribution < 1.29 is 9.18 Å². The lowest BCUT2D eigenvalue weighted by Crippen LogP contribution is -2.34. The fraction of sp³-hybridized carbons (Fsp3) is 0.250. The van der Waals surface area contributed by atoms with Crippen molar-refractivity contribution in [1.29, 1.82) is 0 Å². The van der Waals surface area contributed by atoms with Crippen LogP contribution in [0.1, 0.15) is 18.1 Å². The van der Waals surface area contributed by atoms with Gasteiger partial charge >= 0.3 is 6.03 Å². The molecule has 0 radical (unpaired) electrons. The highest BCUT2D eigenvalue weighted by Gasteiger charge is 2.12. The zero-order valence-corrected chi connectivity index (χ0v) is 12.1. The maximum Gasteiger partial charge on any atom is 0.322 e. The van der Waals surface area contributed by atoms with Crippen LogP contribution in [0.5, 0.6) is 0 Å². The number of carbonyl (C=O) groups excluding carboxylic acids is 1. The molecule has 1 aromatic heterocycles. The van der Waals surface area contributed by atoms with Gasteiger partial charge in [-0.15, -0.1) is 0 Å².